The number of carbonyl (C=O) groups excluding carboxylic acids is 1. The number of nitrogens with zero attached hydrogens (tertiary/aromatic N) is 1. The highest BCUT2D eigenvalue weighted by Crippen LogP contribution is 2.29. The van der Waals surface area contributed by atoms with Crippen LogP contribution in [0.4, 0.5) is 24.5 Å². The Morgan fingerprint density at radius 2 is 1.79 bits per heavy atom. The summed E-state index contributed by atoms with van der Waals surface area (Å²) in [4.78, 5) is 22.3. The lowest BCUT2D eigenvalue weighted by atomic mass is 10.1. The van der Waals surface area contributed by atoms with Crippen molar-refractivity contribution in [3.8, 4) is 5.75 Å². The molecule has 2 aromatic rings. The van der Waals surface area contributed by atoms with Gasteiger partial charge in [0.1, 0.15) is 16.3 Å². The SMILES string of the molecule is O=C(Nc1ccc(OC(F)(F)F)cc1)c1cccc(Cl)c1[N+](=O)[O-]. The number of hydrogen-bond donors (Lipinski definition) is 1. The maximum atomic E-state index is 12.1. The largest absolute Gasteiger partial charge is 0.573 e. The number of nitro groups is 1. The van der Waals surface area contributed by atoms with Gasteiger partial charge in [0.15, 0.2) is 0 Å². The number of halogens is 4. The van der Waals surface area contributed by atoms with Crippen LogP contribution in [0.15, 0.2) is 42.5 Å². The van der Waals surface area contributed by atoms with E-state index in [1.54, 1.807) is 0 Å². The van der Waals surface area contributed by atoms with Gasteiger partial charge < -0.3 is 10.1 Å². The van der Waals surface area contributed by atoms with E-state index in [1.807, 2.05) is 0 Å². The maximum absolute atomic E-state index is 12.1. The van der Waals surface area contributed by atoms with E-state index in [4.69, 9.17) is 11.6 Å². The summed E-state index contributed by atoms with van der Waals surface area (Å²) in [6.45, 7) is 0. The van der Waals surface area contributed by atoms with Crippen LogP contribution in [-0.2, 0) is 0 Å². The van der Waals surface area contributed by atoms with Crippen LogP contribution in [0.1, 0.15) is 10.4 Å². The number of nitrogens with one attached hydrogen (secondary N) is 1. The van der Waals surface area contributed by atoms with Crippen LogP contribution < -0.4 is 10.1 Å². The highest BCUT2D eigenvalue weighted by Gasteiger charge is 2.31. The van der Waals surface area contributed by atoms with Gasteiger partial charge in [0.05, 0.1) is 4.92 Å². The fraction of sp³-hybridized carbons (Fsp3) is 0.0714. The van der Waals surface area contributed by atoms with Crippen molar-refractivity contribution in [3.05, 3.63) is 63.2 Å². The number of para-hydroxylation sites is 1. The van der Waals surface area contributed by atoms with Gasteiger partial charge in [-0.2, -0.15) is 0 Å². The Bertz CT molecular complexity index is 779. The molecule has 0 aromatic heterocycles. The third-order valence-electron chi connectivity index (χ3n) is 2.76. The number of amides is 1. The van der Waals surface area contributed by atoms with Gasteiger partial charge in [-0.3, -0.25) is 14.9 Å². The second kappa shape index (κ2) is 6.75. The van der Waals surface area contributed by atoms with Crippen LogP contribution >= 0.6 is 11.6 Å². The normalized spacial score (nSPS) is 11.0. The minimum absolute atomic E-state index is 0.129. The average molecular weight is 361 g/mol. The molecule has 2 rings (SSSR count). The average Bonchev–Trinajstić information content (AvgIpc) is 2.47. The Kier molecular flexibility index (Phi) is 4.93. The van der Waals surface area contributed by atoms with Gasteiger partial charge in [0, 0.05) is 5.69 Å². The van der Waals surface area contributed by atoms with Crippen molar-refractivity contribution in [1.29, 1.82) is 0 Å². The summed E-state index contributed by atoms with van der Waals surface area (Å²) in [5, 5.41) is 13.1. The Labute approximate surface area is 137 Å². The van der Waals surface area contributed by atoms with E-state index >= 15 is 0 Å². The lowest BCUT2D eigenvalue weighted by Gasteiger charge is -2.10. The highest BCUT2D eigenvalue weighted by atomic mass is 35.5. The smallest absolute Gasteiger partial charge is 0.406 e. The highest BCUT2D eigenvalue weighted by molar-refractivity contribution is 6.33. The number of benzene rings is 2. The van der Waals surface area contributed by atoms with Gasteiger partial charge in [-0.25, -0.2) is 0 Å². The summed E-state index contributed by atoms with van der Waals surface area (Å²) in [5.41, 5.74) is -0.708. The number of rotatable bonds is 4. The molecule has 10 heteroatoms. The Hall–Kier alpha value is -2.81. The molecule has 0 aliphatic heterocycles. The molecule has 2 aromatic carbocycles. The van der Waals surface area contributed by atoms with Gasteiger partial charge in [-0.1, -0.05) is 17.7 Å². The molecule has 0 radical (unpaired) electrons. The third-order valence-corrected chi connectivity index (χ3v) is 3.06. The van der Waals surface area contributed by atoms with E-state index in [-0.39, 0.29) is 16.3 Å². The number of nitro benzene ring substituents is 1. The monoisotopic (exact) mass is 360 g/mol. The predicted molar refractivity (Wildman–Crippen MR) is 79.2 cm³/mol. The van der Waals surface area contributed by atoms with Crippen LogP contribution in [-0.4, -0.2) is 17.2 Å². The lowest BCUT2D eigenvalue weighted by Crippen LogP contribution is -2.17. The topological polar surface area (TPSA) is 81.5 Å². The molecule has 6 nitrogen and oxygen atoms in total. The van der Waals surface area contributed by atoms with Crippen molar-refractivity contribution in [2.75, 3.05) is 5.32 Å². The quantitative estimate of drug-likeness (QED) is 0.647. The summed E-state index contributed by atoms with van der Waals surface area (Å²) < 4.78 is 39.9. The van der Waals surface area contributed by atoms with Crippen molar-refractivity contribution in [2.45, 2.75) is 6.36 Å². The van der Waals surface area contributed by atoms with Gasteiger partial charge in [-0.15, -0.1) is 13.2 Å². The molecule has 1 N–H and O–H groups in total. The number of alkyl halides is 3. The van der Waals surface area contributed by atoms with Crippen molar-refractivity contribution >= 4 is 28.9 Å². The zero-order valence-electron chi connectivity index (χ0n) is 11.6. The molecular formula is C14H8ClF3N2O4. The van der Waals surface area contributed by atoms with Gasteiger partial charge in [0.25, 0.3) is 5.91 Å². The molecule has 0 saturated carbocycles. The van der Waals surface area contributed by atoms with Gasteiger partial charge in [0.2, 0.25) is 0 Å². The number of hydrogen-bond acceptors (Lipinski definition) is 4. The molecular weight excluding hydrogens is 353 g/mol. The molecule has 0 heterocycles. The number of ether oxygens (including phenoxy) is 1. The van der Waals surface area contributed by atoms with E-state index in [2.05, 4.69) is 10.1 Å². The molecule has 0 atom stereocenters. The molecule has 0 fully saturated rings. The van der Waals surface area contributed by atoms with Crippen molar-refractivity contribution < 1.29 is 27.6 Å². The van der Waals surface area contributed by atoms with E-state index < -0.39 is 28.6 Å². The van der Waals surface area contributed by atoms with E-state index in [9.17, 15) is 28.1 Å². The van der Waals surface area contributed by atoms with Crippen molar-refractivity contribution in [2.24, 2.45) is 0 Å². The first-order valence-corrected chi connectivity index (χ1v) is 6.65. The summed E-state index contributed by atoms with van der Waals surface area (Å²) in [6.07, 6.45) is -4.83. The fourth-order valence-corrected chi connectivity index (χ4v) is 2.07. The minimum Gasteiger partial charge on any atom is -0.406 e. The second-order valence-electron chi connectivity index (χ2n) is 4.42. The second-order valence-corrected chi connectivity index (χ2v) is 4.83. The molecule has 1 amide bonds. The number of carbonyl (C=O) groups is 1. The van der Waals surface area contributed by atoms with Crippen LogP contribution in [0.25, 0.3) is 0 Å². The van der Waals surface area contributed by atoms with Crippen LogP contribution in [0.3, 0.4) is 0 Å². The summed E-state index contributed by atoms with van der Waals surface area (Å²) in [6, 6.07) is 8.15. The van der Waals surface area contributed by atoms with Gasteiger partial charge in [-0.05, 0) is 36.4 Å². The zero-order chi connectivity index (χ0) is 17.9. The molecule has 0 aliphatic rings. The summed E-state index contributed by atoms with van der Waals surface area (Å²) in [7, 11) is 0. The van der Waals surface area contributed by atoms with Crippen LogP contribution in [0.5, 0.6) is 5.75 Å². The molecule has 0 spiro atoms. The molecule has 0 saturated heterocycles. The van der Waals surface area contributed by atoms with Gasteiger partial charge >= 0.3 is 12.0 Å². The molecule has 0 unspecified atom stereocenters. The molecule has 126 valence electrons. The molecule has 0 aliphatic carbocycles. The first-order chi connectivity index (χ1) is 11.2. The van der Waals surface area contributed by atoms with Crippen molar-refractivity contribution in [3.63, 3.8) is 0 Å². The van der Waals surface area contributed by atoms with E-state index in [1.165, 1.54) is 18.2 Å². The van der Waals surface area contributed by atoms with Crippen LogP contribution in [0.2, 0.25) is 5.02 Å². The Morgan fingerprint density at radius 3 is 2.33 bits per heavy atom. The predicted octanol–water partition coefficient (Wildman–Crippen LogP) is 4.40. The first-order valence-electron chi connectivity index (χ1n) is 6.27. The summed E-state index contributed by atoms with van der Waals surface area (Å²) >= 11 is 5.71. The number of anilines is 1. The van der Waals surface area contributed by atoms with Crippen LogP contribution in [0, 0.1) is 10.1 Å². The maximum Gasteiger partial charge on any atom is 0.573 e. The Morgan fingerprint density at radius 1 is 1.17 bits per heavy atom. The first kappa shape index (κ1) is 17.5. The molecule has 24 heavy (non-hydrogen) atoms. The fourth-order valence-electron chi connectivity index (χ4n) is 1.82. The van der Waals surface area contributed by atoms with E-state index in [0.717, 1.165) is 24.3 Å². The lowest BCUT2D eigenvalue weighted by molar-refractivity contribution is -0.385. The van der Waals surface area contributed by atoms with Crippen molar-refractivity contribution in [1.82, 2.24) is 0 Å². The minimum atomic E-state index is -4.83. The standard InChI is InChI=1S/C14H8ClF3N2O4/c15-11-3-1-2-10(12(11)20(22)23)13(21)19-8-4-6-9(7-5-8)24-14(16,17)18/h1-7H,(H,19,21). The third kappa shape index (κ3) is 4.35. The molecule has 0 bridgehead atoms. The Balaban J connectivity index is 2.19. The van der Waals surface area contributed by atoms with E-state index in [0.29, 0.717) is 0 Å². The summed E-state index contributed by atoms with van der Waals surface area (Å²) in [5.74, 6) is -1.29. The zero-order valence-corrected chi connectivity index (χ0v) is 12.4.